The number of carbonyl (C=O) groups is 1. The van der Waals surface area contributed by atoms with E-state index in [1.807, 2.05) is 17.0 Å². The fourth-order valence-corrected chi connectivity index (χ4v) is 3.26. The number of carbonyl (C=O) groups excluding carboxylic acids is 1. The number of halogens is 1. The third-order valence-electron chi connectivity index (χ3n) is 4.17. The lowest BCUT2D eigenvalue weighted by Gasteiger charge is -2.35. The van der Waals surface area contributed by atoms with Crippen molar-refractivity contribution >= 4 is 38.6 Å². The van der Waals surface area contributed by atoms with Crippen LogP contribution in [0.5, 0.6) is 0 Å². The first-order valence-electron chi connectivity index (χ1n) is 7.64. The van der Waals surface area contributed by atoms with E-state index in [0.29, 0.717) is 6.42 Å². The SMILES string of the molecule is Cc1cc(N2CCN(C(=O)CCBr)CC2)nc2ccccc12. The molecule has 2 heterocycles. The molecule has 1 aromatic carbocycles. The average Bonchev–Trinajstić information content (AvgIpc) is 2.55. The molecule has 0 radical (unpaired) electrons. The van der Waals surface area contributed by atoms with Crippen LogP contribution in [0.1, 0.15) is 12.0 Å². The van der Waals surface area contributed by atoms with E-state index in [2.05, 4.69) is 46.0 Å². The van der Waals surface area contributed by atoms with Crippen LogP contribution in [0.2, 0.25) is 0 Å². The second-order valence-electron chi connectivity index (χ2n) is 5.62. The lowest BCUT2D eigenvalue weighted by Crippen LogP contribution is -2.49. The molecule has 1 aliphatic rings. The highest BCUT2D eigenvalue weighted by Gasteiger charge is 2.21. The van der Waals surface area contributed by atoms with Crippen LogP contribution in [0.25, 0.3) is 10.9 Å². The van der Waals surface area contributed by atoms with Crippen molar-refractivity contribution in [1.29, 1.82) is 0 Å². The molecule has 1 aliphatic heterocycles. The summed E-state index contributed by atoms with van der Waals surface area (Å²) in [5, 5.41) is 1.94. The molecule has 0 saturated carbocycles. The molecule has 0 bridgehead atoms. The van der Waals surface area contributed by atoms with Crippen LogP contribution in [0, 0.1) is 6.92 Å². The van der Waals surface area contributed by atoms with Gasteiger partial charge in [-0.1, -0.05) is 34.1 Å². The number of benzene rings is 1. The number of alkyl halides is 1. The van der Waals surface area contributed by atoms with Gasteiger partial charge in [0.15, 0.2) is 0 Å². The van der Waals surface area contributed by atoms with Crippen molar-refractivity contribution in [1.82, 2.24) is 9.88 Å². The summed E-state index contributed by atoms with van der Waals surface area (Å²) in [6, 6.07) is 10.4. The van der Waals surface area contributed by atoms with Crippen LogP contribution in [0.3, 0.4) is 0 Å². The molecule has 5 heteroatoms. The zero-order valence-corrected chi connectivity index (χ0v) is 14.3. The van der Waals surface area contributed by atoms with Gasteiger partial charge in [0.1, 0.15) is 5.82 Å². The number of piperazine rings is 1. The van der Waals surface area contributed by atoms with Gasteiger partial charge in [-0.15, -0.1) is 0 Å². The molecule has 1 saturated heterocycles. The van der Waals surface area contributed by atoms with Gasteiger partial charge in [-0.05, 0) is 24.6 Å². The number of aryl methyl sites for hydroxylation is 1. The minimum absolute atomic E-state index is 0.235. The first-order valence-corrected chi connectivity index (χ1v) is 8.76. The summed E-state index contributed by atoms with van der Waals surface area (Å²) < 4.78 is 0. The van der Waals surface area contributed by atoms with Crippen molar-refractivity contribution in [2.45, 2.75) is 13.3 Å². The van der Waals surface area contributed by atoms with E-state index in [4.69, 9.17) is 4.98 Å². The summed E-state index contributed by atoms with van der Waals surface area (Å²) in [5.41, 5.74) is 2.29. The van der Waals surface area contributed by atoms with Crippen LogP contribution in [0.4, 0.5) is 5.82 Å². The van der Waals surface area contributed by atoms with Gasteiger partial charge in [0.25, 0.3) is 0 Å². The maximum Gasteiger partial charge on any atom is 0.223 e. The summed E-state index contributed by atoms with van der Waals surface area (Å²) in [4.78, 5) is 20.9. The first-order chi connectivity index (χ1) is 10.7. The molecule has 3 rings (SSSR count). The van der Waals surface area contributed by atoms with Gasteiger partial charge in [-0.3, -0.25) is 4.79 Å². The van der Waals surface area contributed by atoms with Gasteiger partial charge < -0.3 is 9.80 Å². The number of pyridine rings is 1. The van der Waals surface area contributed by atoms with Crippen molar-refractivity contribution in [3.05, 3.63) is 35.9 Å². The minimum atomic E-state index is 0.235. The first kappa shape index (κ1) is 15.3. The van der Waals surface area contributed by atoms with E-state index in [-0.39, 0.29) is 5.91 Å². The molecule has 0 N–H and O–H groups in total. The maximum absolute atomic E-state index is 11.9. The summed E-state index contributed by atoms with van der Waals surface area (Å²) in [7, 11) is 0. The Hall–Kier alpha value is -1.62. The highest BCUT2D eigenvalue weighted by molar-refractivity contribution is 9.09. The number of nitrogens with zero attached hydrogens (tertiary/aromatic N) is 3. The van der Waals surface area contributed by atoms with E-state index in [1.54, 1.807) is 0 Å². The molecule has 116 valence electrons. The minimum Gasteiger partial charge on any atom is -0.353 e. The molecule has 22 heavy (non-hydrogen) atoms. The molecular formula is C17H20BrN3O. The Balaban J connectivity index is 1.75. The predicted molar refractivity (Wildman–Crippen MR) is 93.7 cm³/mol. The van der Waals surface area contributed by atoms with E-state index < -0.39 is 0 Å². The Morgan fingerprint density at radius 1 is 1.23 bits per heavy atom. The molecule has 0 aliphatic carbocycles. The second-order valence-corrected chi connectivity index (χ2v) is 6.41. The highest BCUT2D eigenvalue weighted by atomic mass is 79.9. The van der Waals surface area contributed by atoms with Gasteiger partial charge in [0.2, 0.25) is 5.91 Å². The number of para-hydroxylation sites is 1. The molecule has 1 amide bonds. The molecular weight excluding hydrogens is 342 g/mol. The van der Waals surface area contributed by atoms with Gasteiger partial charge >= 0.3 is 0 Å². The Kier molecular flexibility index (Phi) is 4.62. The van der Waals surface area contributed by atoms with Crippen LogP contribution in [-0.4, -0.2) is 47.3 Å². The number of rotatable bonds is 3. The fourth-order valence-electron chi connectivity index (χ4n) is 2.92. The molecule has 1 fully saturated rings. The van der Waals surface area contributed by atoms with Crippen molar-refractivity contribution < 1.29 is 4.79 Å². The van der Waals surface area contributed by atoms with Crippen LogP contribution in [0.15, 0.2) is 30.3 Å². The average molecular weight is 362 g/mol. The normalized spacial score (nSPS) is 15.4. The number of hydrogen-bond acceptors (Lipinski definition) is 3. The Morgan fingerprint density at radius 3 is 2.68 bits per heavy atom. The molecule has 2 aromatic rings. The second kappa shape index (κ2) is 6.65. The van der Waals surface area contributed by atoms with Gasteiger partial charge in [0.05, 0.1) is 5.52 Å². The highest BCUT2D eigenvalue weighted by Crippen LogP contribution is 2.23. The van der Waals surface area contributed by atoms with Crippen LogP contribution < -0.4 is 4.90 Å². The van der Waals surface area contributed by atoms with Crippen molar-refractivity contribution in [3.8, 4) is 0 Å². The van der Waals surface area contributed by atoms with Crippen LogP contribution >= 0.6 is 15.9 Å². The maximum atomic E-state index is 11.9. The van der Waals surface area contributed by atoms with Gasteiger partial charge in [-0.25, -0.2) is 4.98 Å². The number of amides is 1. The molecule has 0 atom stereocenters. The molecule has 0 spiro atoms. The third-order valence-corrected chi connectivity index (χ3v) is 4.57. The smallest absolute Gasteiger partial charge is 0.223 e. The van der Waals surface area contributed by atoms with Gasteiger partial charge in [0, 0.05) is 43.3 Å². The Bertz CT molecular complexity index is 681. The topological polar surface area (TPSA) is 36.4 Å². The van der Waals surface area contributed by atoms with Crippen molar-refractivity contribution in [2.24, 2.45) is 0 Å². The largest absolute Gasteiger partial charge is 0.353 e. The third kappa shape index (κ3) is 3.09. The summed E-state index contributed by atoms with van der Waals surface area (Å²) >= 11 is 3.33. The Morgan fingerprint density at radius 2 is 1.95 bits per heavy atom. The van der Waals surface area contributed by atoms with E-state index >= 15 is 0 Å². The van der Waals surface area contributed by atoms with Gasteiger partial charge in [-0.2, -0.15) is 0 Å². The molecule has 4 nitrogen and oxygen atoms in total. The van der Waals surface area contributed by atoms with Crippen molar-refractivity contribution in [2.75, 3.05) is 36.4 Å². The summed E-state index contributed by atoms with van der Waals surface area (Å²) in [5.74, 6) is 1.25. The number of fused-ring (bicyclic) bond motifs is 1. The summed E-state index contributed by atoms with van der Waals surface area (Å²) in [6.45, 7) is 5.37. The van der Waals surface area contributed by atoms with Crippen LogP contribution in [-0.2, 0) is 4.79 Å². The lowest BCUT2D eigenvalue weighted by molar-refractivity contribution is -0.131. The Labute approximate surface area is 139 Å². The van der Waals surface area contributed by atoms with E-state index in [1.165, 1.54) is 10.9 Å². The summed E-state index contributed by atoms with van der Waals surface area (Å²) in [6.07, 6.45) is 0.577. The van der Waals surface area contributed by atoms with E-state index in [0.717, 1.165) is 42.8 Å². The zero-order chi connectivity index (χ0) is 15.5. The zero-order valence-electron chi connectivity index (χ0n) is 12.8. The monoisotopic (exact) mass is 361 g/mol. The quantitative estimate of drug-likeness (QED) is 0.788. The predicted octanol–water partition coefficient (Wildman–Crippen LogP) is 2.98. The number of anilines is 1. The number of aromatic nitrogens is 1. The van der Waals surface area contributed by atoms with E-state index in [9.17, 15) is 4.79 Å². The fraction of sp³-hybridized carbons (Fsp3) is 0.412. The lowest BCUT2D eigenvalue weighted by atomic mass is 10.1. The molecule has 0 unspecified atom stereocenters. The molecule has 1 aromatic heterocycles. The van der Waals surface area contributed by atoms with Crippen molar-refractivity contribution in [3.63, 3.8) is 0 Å². The standard InChI is InChI=1S/C17H20BrN3O/c1-13-12-16(19-15-5-3-2-4-14(13)15)20-8-10-21(11-9-20)17(22)6-7-18/h2-5,12H,6-11H2,1H3. The number of hydrogen-bond donors (Lipinski definition) is 0.